The van der Waals surface area contributed by atoms with Crippen LogP contribution in [0, 0.1) is 0 Å². The number of carbonyl (C=O) groups is 1. The van der Waals surface area contributed by atoms with Crippen LogP contribution in [0.2, 0.25) is 0 Å². The molecule has 6 heteroatoms. The zero-order valence-corrected chi connectivity index (χ0v) is 9.49. The van der Waals surface area contributed by atoms with Crippen molar-refractivity contribution < 1.29 is 13.6 Å². The van der Waals surface area contributed by atoms with Gasteiger partial charge in [0.25, 0.3) is 12.3 Å². The highest BCUT2D eigenvalue weighted by Gasteiger charge is 2.08. The average molecular weight is 243 g/mol. The van der Waals surface area contributed by atoms with Crippen molar-refractivity contribution in [3.63, 3.8) is 0 Å². The number of alkyl halides is 2. The molecule has 1 rings (SSSR count). The van der Waals surface area contributed by atoms with E-state index in [0.29, 0.717) is 12.1 Å². The molecule has 0 atom stereocenters. The van der Waals surface area contributed by atoms with Crippen LogP contribution in [0.15, 0.2) is 24.3 Å². The maximum Gasteiger partial charge on any atom is 0.265 e. The van der Waals surface area contributed by atoms with E-state index in [1.54, 1.807) is 31.3 Å². The lowest BCUT2D eigenvalue weighted by Crippen LogP contribution is -2.30. The predicted octanol–water partition coefficient (Wildman–Crippen LogP) is 0.987. The highest BCUT2D eigenvalue weighted by atomic mass is 19.3. The Bertz CT molecular complexity index is 367. The molecule has 94 valence electrons. The molecule has 0 unspecified atom stereocenters. The summed E-state index contributed by atoms with van der Waals surface area (Å²) in [5.41, 5.74) is 3.32. The van der Waals surface area contributed by atoms with Crippen LogP contribution in [0.5, 0.6) is 0 Å². The Morgan fingerprint density at radius 2 is 2.00 bits per heavy atom. The van der Waals surface area contributed by atoms with Gasteiger partial charge in [0.15, 0.2) is 0 Å². The second-order valence-electron chi connectivity index (χ2n) is 3.76. The van der Waals surface area contributed by atoms with Crippen LogP contribution in [0.1, 0.15) is 15.9 Å². The molecule has 1 aromatic rings. The molecule has 0 fully saturated rings. The third-order valence-corrected chi connectivity index (χ3v) is 2.25. The number of halogens is 2. The zero-order chi connectivity index (χ0) is 12.8. The molecule has 17 heavy (non-hydrogen) atoms. The number of hydrazine groups is 1. The standard InChI is InChI=1S/C11H15F2N3O/c1-16(7-10(12)13)6-8-2-4-9(5-3-8)11(17)15-14/h2-5,10H,6-7,14H2,1H3,(H,15,17). The van der Waals surface area contributed by atoms with E-state index in [0.717, 1.165) is 5.56 Å². The summed E-state index contributed by atoms with van der Waals surface area (Å²) in [4.78, 5) is 12.7. The second-order valence-corrected chi connectivity index (χ2v) is 3.76. The number of amides is 1. The molecule has 0 aliphatic carbocycles. The van der Waals surface area contributed by atoms with Crippen LogP contribution >= 0.6 is 0 Å². The monoisotopic (exact) mass is 243 g/mol. The van der Waals surface area contributed by atoms with Crippen LogP contribution < -0.4 is 11.3 Å². The molecule has 1 aromatic carbocycles. The lowest BCUT2D eigenvalue weighted by molar-refractivity contribution is 0.0953. The van der Waals surface area contributed by atoms with E-state index in [4.69, 9.17) is 5.84 Å². The molecule has 0 radical (unpaired) electrons. The number of benzene rings is 1. The van der Waals surface area contributed by atoms with Crippen LogP contribution in [-0.4, -0.2) is 30.8 Å². The van der Waals surface area contributed by atoms with E-state index in [-0.39, 0.29) is 12.5 Å². The fourth-order valence-electron chi connectivity index (χ4n) is 1.46. The first-order valence-corrected chi connectivity index (χ1v) is 5.09. The minimum atomic E-state index is -2.35. The molecular weight excluding hydrogens is 228 g/mol. The van der Waals surface area contributed by atoms with Crippen molar-refractivity contribution in [2.24, 2.45) is 5.84 Å². The molecular formula is C11H15F2N3O. The van der Waals surface area contributed by atoms with Crippen molar-refractivity contribution in [1.29, 1.82) is 0 Å². The lowest BCUT2D eigenvalue weighted by atomic mass is 10.1. The van der Waals surface area contributed by atoms with Gasteiger partial charge >= 0.3 is 0 Å². The van der Waals surface area contributed by atoms with Gasteiger partial charge in [0.05, 0.1) is 6.54 Å². The molecule has 1 amide bonds. The van der Waals surface area contributed by atoms with Crippen LogP contribution in [0.4, 0.5) is 8.78 Å². The highest BCUT2D eigenvalue weighted by molar-refractivity contribution is 5.93. The van der Waals surface area contributed by atoms with Gasteiger partial charge in [0.2, 0.25) is 0 Å². The molecule has 0 aromatic heterocycles. The topological polar surface area (TPSA) is 58.4 Å². The van der Waals surface area contributed by atoms with Crippen LogP contribution in [0.3, 0.4) is 0 Å². The third kappa shape index (κ3) is 4.46. The van der Waals surface area contributed by atoms with Crippen molar-refractivity contribution in [1.82, 2.24) is 10.3 Å². The van der Waals surface area contributed by atoms with Gasteiger partial charge in [-0.1, -0.05) is 12.1 Å². The van der Waals surface area contributed by atoms with Gasteiger partial charge in [-0.25, -0.2) is 14.6 Å². The van der Waals surface area contributed by atoms with Crippen molar-refractivity contribution in [3.05, 3.63) is 35.4 Å². The number of carbonyl (C=O) groups excluding carboxylic acids is 1. The summed E-state index contributed by atoms with van der Waals surface area (Å²) < 4.78 is 24.2. The minimum absolute atomic E-state index is 0.273. The van der Waals surface area contributed by atoms with Gasteiger partial charge < -0.3 is 0 Å². The number of hydrogen-bond donors (Lipinski definition) is 2. The number of nitrogens with two attached hydrogens (primary N) is 1. The molecule has 0 aliphatic rings. The molecule has 0 aliphatic heterocycles. The first-order chi connectivity index (χ1) is 8.02. The fourth-order valence-corrected chi connectivity index (χ4v) is 1.46. The number of nitrogens with zero attached hydrogens (tertiary/aromatic N) is 1. The summed E-state index contributed by atoms with van der Waals surface area (Å²) in [6.07, 6.45) is -2.35. The van der Waals surface area contributed by atoms with Crippen LogP contribution in [-0.2, 0) is 6.54 Å². The number of nitrogens with one attached hydrogen (secondary N) is 1. The van der Waals surface area contributed by atoms with Gasteiger partial charge in [0.1, 0.15) is 0 Å². The maximum atomic E-state index is 12.1. The summed E-state index contributed by atoms with van der Waals surface area (Å²) in [5, 5.41) is 0. The molecule has 0 heterocycles. The zero-order valence-electron chi connectivity index (χ0n) is 9.49. The van der Waals surface area contributed by atoms with E-state index in [1.165, 1.54) is 4.90 Å². The molecule has 4 nitrogen and oxygen atoms in total. The molecule has 0 spiro atoms. The number of hydrogen-bond acceptors (Lipinski definition) is 3. The maximum absolute atomic E-state index is 12.1. The highest BCUT2D eigenvalue weighted by Crippen LogP contribution is 2.07. The first kappa shape index (κ1) is 13.5. The van der Waals surface area contributed by atoms with Crippen molar-refractivity contribution in [2.45, 2.75) is 13.0 Å². The molecule has 0 saturated carbocycles. The predicted molar refractivity (Wildman–Crippen MR) is 60.4 cm³/mol. The Labute approximate surface area is 98.4 Å². The smallest absolute Gasteiger partial charge is 0.265 e. The Hall–Kier alpha value is -1.53. The summed E-state index contributed by atoms with van der Waals surface area (Å²) >= 11 is 0. The third-order valence-electron chi connectivity index (χ3n) is 2.25. The van der Waals surface area contributed by atoms with Gasteiger partial charge in [-0.3, -0.25) is 15.1 Å². The van der Waals surface area contributed by atoms with E-state index >= 15 is 0 Å². The Kier molecular flexibility index (Phi) is 4.99. The van der Waals surface area contributed by atoms with E-state index in [1.807, 2.05) is 5.43 Å². The molecule has 3 N–H and O–H groups in total. The Morgan fingerprint density at radius 3 is 2.47 bits per heavy atom. The molecule has 0 bridgehead atoms. The van der Waals surface area contributed by atoms with E-state index in [2.05, 4.69) is 0 Å². The second kappa shape index (κ2) is 6.27. The normalized spacial score (nSPS) is 10.9. The van der Waals surface area contributed by atoms with Gasteiger partial charge in [-0.2, -0.15) is 0 Å². The summed E-state index contributed by atoms with van der Waals surface area (Å²) in [7, 11) is 1.62. The van der Waals surface area contributed by atoms with E-state index < -0.39 is 6.43 Å². The van der Waals surface area contributed by atoms with Crippen LogP contribution in [0.25, 0.3) is 0 Å². The quantitative estimate of drug-likeness (QED) is 0.460. The lowest BCUT2D eigenvalue weighted by Gasteiger charge is -2.15. The van der Waals surface area contributed by atoms with Crippen molar-refractivity contribution >= 4 is 5.91 Å². The SMILES string of the molecule is CN(Cc1ccc(C(=O)NN)cc1)CC(F)F. The van der Waals surface area contributed by atoms with Gasteiger partial charge in [-0.05, 0) is 24.7 Å². The number of rotatable bonds is 5. The average Bonchev–Trinajstić information content (AvgIpc) is 2.28. The Balaban J connectivity index is 2.59. The largest absolute Gasteiger partial charge is 0.297 e. The fraction of sp³-hybridized carbons (Fsp3) is 0.364. The van der Waals surface area contributed by atoms with Crippen molar-refractivity contribution in [3.8, 4) is 0 Å². The minimum Gasteiger partial charge on any atom is -0.297 e. The first-order valence-electron chi connectivity index (χ1n) is 5.09. The number of nitrogen functional groups attached to an aromatic ring is 1. The van der Waals surface area contributed by atoms with E-state index in [9.17, 15) is 13.6 Å². The van der Waals surface area contributed by atoms with Gasteiger partial charge in [-0.15, -0.1) is 0 Å². The Morgan fingerprint density at radius 1 is 1.41 bits per heavy atom. The summed E-state index contributed by atoms with van der Waals surface area (Å²) in [6, 6.07) is 6.64. The van der Waals surface area contributed by atoms with Gasteiger partial charge in [0, 0.05) is 12.1 Å². The molecule has 0 saturated heterocycles. The summed E-state index contributed by atoms with van der Waals surface area (Å²) in [5.74, 6) is 4.61. The van der Waals surface area contributed by atoms with Crippen molar-refractivity contribution in [2.75, 3.05) is 13.6 Å². The summed E-state index contributed by atoms with van der Waals surface area (Å²) in [6.45, 7) is 0.139.